The number of pyridine rings is 2. The van der Waals surface area contributed by atoms with Crippen LogP contribution in [0.5, 0.6) is 23.0 Å². The van der Waals surface area contributed by atoms with Crippen LogP contribution < -0.4 is 30.1 Å². The molecule has 7 heteroatoms. The summed E-state index contributed by atoms with van der Waals surface area (Å²) in [5.74, 6) is 3.03. The Labute approximate surface area is 341 Å². The summed E-state index contributed by atoms with van der Waals surface area (Å²) < 4.78 is 15.1. The van der Waals surface area contributed by atoms with Crippen LogP contribution in [-0.4, -0.2) is 4.40 Å². The van der Waals surface area contributed by atoms with Crippen molar-refractivity contribution in [2.45, 2.75) is 53.9 Å². The van der Waals surface area contributed by atoms with Gasteiger partial charge in [-0.25, -0.2) is 0 Å². The molecule has 2 aliphatic heterocycles. The van der Waals surface area contributed by atoms with Crippen LogP contribution >= 0.6 is 0 Å². The van der Waals surface area contributed by atoms with Crippen LogP contribution in [0.15, 0.2) is 131 Å². The molecule has 0 bridgehead atoms. The SMILES string of the molecule is Cc1ccc2c(c1)Oc1cc(C)ccc1N2c1ccc2c(c1)c(=O)c1cc(C(C)(C)C)cc3c(=O)c4cc(N5c6ccc(C)cc6Oc6cc(C)ccc65)ccc4n2c13. The molecule has 7 aromatic carbocycles. The number of rotatable bonds is 2. The van der Waals surface area contributed by atoms with E-state index in [1.165, 1.54) is 0 Å². The van der Waals surface area contributed by atoms with Gasteiger partial charge in [-0.3, -0.25) is 9.59 Å². The second-order valence-corrected chi connectivity index (χ2v) is 17.3. The summed E-state index contributed by atoms with van der Waals surface area (Å²) in [5.41, 5.74) is 12.1. The van der Waals surface area contributed by atoms with E-state index in [4.69, 9.17) is 9.47 Å². The molecule has 59 heavy (non-hydrogen) atoms. The van der Waals surface area contributed by atoms with E-state index < -0.39 is 0 Å². The summed E-state index contributed by atoms with van der Waals surface area (Å²) in [7, 11) is 0. The van der Waals surface area contributed by atoms with Crippen molar-refractivity contribution in [1.82, 2.24) is 4.40 Å². The van der Waals surface area contributed by atoms with Crippen molar-refractivity contribution in [3.8, 4) is 23.0 Å². The van der Waals surface area contributed by atoms with E-state index in [2.05, 4.69) is 148 Å². The van der Waals surface area contributed by atoms with Crippen molar-refractivity contribution in [1.29, 1.82) is 0 Å². The number of anilines is 6. The fourth-order valence-corrected chi connectivity index (χ4v) is 9.00. The van der Waals surface area contributed by atoms with Gasteiger partial charge in [0.25, 0.3) is 0 Å². The van der Waals surface area contributed by atoms with Gasteiger partial charge in [-0.15, -0.1) is 0 Å². The summed E-state index contributed by atoms with van der Waals surface area (Å²) in [6.45, 7) is 14.6. The third-order valence-corrected chi connectivity index (χ3v) is 12.0. The largest absolute Gasteiger partial charge is 0.453 e. The first-order chi connectivity index (χ1) is 28.3. The maximum absolute atomic E-state index is 15.0. The standard InChI is InChI=1S/C52H41N3O4/c1-28-8-14-41-45(20-28)58-46-21-29(2)9-15-42(46)53(41)33-12-18-39-35(26-33)50(56)37-24-32(52(5,6)7)25-38-49(37)55(39)40-19-13-34(27-36(40)51(38)57)54-43-16-10-30(3)22-47(43)59-48-23-31(4)11-17-44(48)54/h8-27H,1-7H3. The first-order valence-electron chi connectivity index (χ1n) is 20.1. The fourth-order valence-electron chi connectivity index (χ4n) is 9.00. The number of aromatic nitrogens is 1. The molecule has 0 amide bonds. The zero-order chi connectivity index (χ0) is 40.6. The highest BCUT2D eigenvalue weighted by Gasteiger charge is 2.30. The third-order valence-electron chi connectivity index (χ3n) is 12.0. The summed E-state index contributed by atoms with van der Waals surface area (Å²) in [6.07, 6.45) is 0. The molecule has 7 nitrogen and oxygen atoms in total. The van der Waals surface area contributed by atoms with Crippen LogP contribution in [0.25, 0.3) is 38.1 Å². The van der Waals surface area contributed by atoms with E-state index >= 15 is 9.59 Å². The molecule has 9 aromatic rings. The Bertz CT molecular complexity index is 3110. The molecule has 0 saturated heterocycles. The maximum atomic E-state index is 15.0. The van der Waals surface area contributed by atoms with E-state index in [0.717, 1.165) is 96.0 Å². The lowest BCUT2D eigenvalue weighted by molar-refractivity contribution is 0.476. The predicted molar refractivity (Wildman–Crippen MR) is 241 cm³/mol. The fraction of sp³-hybridized carbons (Fsp3) is 0.154. The van der Waals surface area contributed by atoms with Crippen LogP contribution in [-0.2, 0) is 5.41 Å². The molecule has 2 aromatic heterocycles. The summed E-state index contributed by atoms with van der Waals surface area (Å²) in [5, 5.41) is 2.17. The quantitative estimate of drug-likeness (QED) is 0.129. The number of benzene rings is 7. The van der Waals surface area contributed by atoms with Crippen LogP contribution in [0.1, 0.15) is 48.6 Å². The van der Waals surface area contributed by atoms with Crippen molar-refractivity contribution in [2.75, 3.05) is 9.80 Å². The summed E-state index contributed by atoms with van der Waals surface area (Å²) in [6, 6.07) is 41.0. The number of ether oxygens (including phenoxy) is 2. The Kier molecular flexibility index (Phi) is 7.25. The molecule has 0 atom stereocenters. The predicted octanol–water partition coefficient (Wildman–Crippen LogP) is 13.2. The molecule has 0 fully saturated rings. The summed E-state index contributed by atoms with van der Waals surface area (Å²) in [4.78, 5) is 34.4. The van der Waals surface area contributed by atoms with Gasteiger partial charge >= 0.3 is 0 Å². The molecule has 0 spiro atoms. The topological polar surface area (TPSA) is 63.5 Å². The molecule has 4 heterocycles. The van der Waals surface area contributed by atoms with Gasteiger partial charge in [0.05, 0.1) is 39.3 Å². The second kappa shape index (κ2) is 12.2. The number of aryl methyl sites for hydroxylation is 4. The number of fused-ring (bicyclic) bond motifs is 8. The minimum atomic E-state index is -0.323. The first kappa shape index (κ1) is 35.1. The van der Waals surface area contributed by atoms with Gasteiger partial charge in [-0.05, 0) is 158 Å². The van der Waals surface area contributed by atoms with E-state index in [1.54, 1.807) is 0 Å². The molecule has 0 aliphatic carbocycles. The second-order valence-electron chi connectivity index (χ2n) is 17.3. The zero-order valence-electron chi connectivity index (χ0n) is 34.0. The van der Waals surface area contributed by atoms with Crippen molar-refractivity contribution in [2.24, 2.45) is 0 Å². The molecular formula is C52H41N3O4. The van der Waals surface area contributed by atoms with Crippen LogP contribution in [0.2, 0.25) is 0 Å². The lowest BCUT2D eigenvalue weighted by Gasteiger charge is -2.33. The highest BCUT2D eigenvalue weighted by atomic mass is 16.5. The van der Waals surface area contributed by atoms with Gasteiger partial charge in [-0.1, -0.05) is 45.0 Å². The maximum Gasteiger partial charge on any atom is 0.197 e. The molecule has 0 unspecified atom stereocenters. The lowest BCUT2D eigenvalue weighted by atomic mass is 9.85. The van der Waals surface area contributed by atoms with E-state index in [0.29, 0.717) is 27.1 Å². The van der Waals surface area contributed by atoms with Crippen LogP contribution in [0.4, 0.5) is 34.1 Å². The highest BCUT2D eigenvalue weighted by molar-refractivity contribution is 6.09. The Morgan fingerprint density at radius 2 is 0.780 bits per heavy atom. The van der Waals surface area contributed by atoms with Crippen LogP contribution in [0, 0.1) is 27.7 Å². The smallest absolute Gasteiger partial charge is 0.197 e. The van der Waals surface area contributed by atoms with Crippen molar-refractivity contribution >= 4 is 72.2 Å². The molecule has 288 valence electrons. The summed E-state index contributed by atoms with van der Waals surface area (Å²) >= 11 is 0. The Morgan fingerprint density at radius 3 is 1.12 bits per heavy atom. The van der Waals surface area contributed by atoms with Crippen molar-refractivity contribution in [3.05, 3.63) is 170 Å². The van der Waals surface area contributed by atoms with Gasteiger partial charge in [0.1, 0.15) is 0 Å². The molecular weight excluding hydrogens is 731 g/mol. The zero-order valence-corrected chi connectivity index (χ0v) is 34.0. The van der Waals surface area contributed by atoms with Crippen molar-refractivity contribution < 1.29 is 9.47 Å². The molecule has 0 saturated carbocycles. The lowest BCUT2D eigenvalue weighted by Crippen LogP contribution is -2.20. The number of hydrogen-bond donors (Lipinski definition) is 0. The van der Waals surface area contributed by atoms with Gasteiger partial charge < -0.3 is 23.7 Å². The van der Waals surface area contributed by atoms with E-state index in [-0.39, 0.29) is 16.3 Å². The average Bonchev–Trinajstić information content (AvgIpc) is 3.20. The number of hydrogen-bond acceptors (Lipinski definition) is 6. The molecule has 0 radical (unpaired) electrons. The Balaban J connectivity index is 1.21. The molecule has 0 N–H and O–H groups in total. The highest BCUT2D eigenvalue weighted by Crippen LogP contribution is 2.53. The third kappa shape index (κ3) is 5.20. The number of nitrogens with zero attached hydrogens (tertiary/aromatic N) is 3. The minimum absolute atomic E-state index is 0.109. The molecule has 2 aliphatic rings. The Hall–Kier alpha value is -7.12. The first-order valence-corrected chi connectivity index (χ1v) is 20.1. The normalized spacial score (nSPS) is 13.3. The van der Waals surface area contributed by atoms with E-state index in [9.17, 15) is 0 Å². The van der Waals surface area contributed by atoms with E-state index in [1.807, 2.05) is 36.4 Å². The van der Waals surface area contributed by atoms with Gasteiger partial charge in [0.2, 0.25) is 0 Å². The van der Waals surface area contributed by atoms with Crippen molar-refractivity contribution in [3.63, 3.8) is 0 Å². The van der Waals surface area contributed by atoms with Gasteiger partial charge in [-0.2, -0.15) is 0 Å². The monoisotopic (exact) mass is 771 g/mol. The molecule has 11 rings (SSSR count). The van der Waals surface area contributed by atoms with Gasteiger partial charge in [0, 0.05) is 32.9 Å². The van der Waals surface area contributed by atoms with Gasteiger partial charge in [0.15, 0.2) is 33.9 Å². The van der Waals surface area contributed by atoms with Crippen LogP contribution in [0.3, 0.4) is 0 Å². The Morgan fingerprint density at radius 1 is 0.424 bits per heavy atom. The minimum Gasteiger partial charge on any atom is -0.453 e. The average molecular weight is 772 g/mol.